The SMILES string of the molecule is CC(C)[C@@H]1CC[C@]2(C(=O)O)CC[C@]3(C)[C@H](CC[C@@H]4[C@@]5(C)CC[C@H](OO)C(C)(C)[C@@H]5CC[C@]43C)[C@@H]12. The Bertz CT molecular complexity index is 836. The molecule has 5 rings (SSSR count). The van der Waals surface area contributed by atoms with Gasteiger partial charge in [-0.05, 0) is 121 Å². The summed E-state index contributed by atoms with van der Waals surface area (Å²) in [6.45, 7) is 17.1. The second-order valence-corrected chi connectivity index (χ2v) is 15.1. The molecule has 0 bridgehead atoms. The number of carboxylic acids is 1. The molecule has 0 aliphatic heterocycles. The minimum atomic E-state index is -0.505. The molecule has 0 amide bonds. The van der Waals surface area contributed by atoms with E-state index in [1.807, 2.05) is 0 Å². The third kappa shape index (κ3) is 2.88. The van der Waals surface area contributed by atoms with Gasteiger partial charge in [-0.25, -0.2) is 4.89 Å². The van der Waals surface area contributed by atoms with Crippen molar-refractivity contribution in [3.63, 3.8) is 0 Å². The van der Waals surface area contributed by atoms with Crippen molar-refractivity contribution < 1.29 is 20.0 Å². The molecule has 0 spiro atoms. The number of carboxylic acid groups (broad SMARTS) is 1. The fourth-order valence-corrected chi connectivity index (χ4v) is 11.9. The van der Waals surface area contributed by atoms with Crippen LogP contribution in [0.4, 0.5) is 0 Å². The van der Waals surface area contributed by atoms with Crippen LogP contribution >= 0.6 is 0 Å². The van der Waals surface area contributed by atoms with Gasteiger partial charge in [-0.2, -0.15) is 0 Å². The lowest BCUT2D eigenvalue weighted by Crippen LogP contribution is -2.67. The Balaban J connectivity index is 1.54. The maximum atomic E-state index is 12.8. The van der Waals surface area contributed by atoms with Crippen LogP contribution in [0.25, 0.3) is 0 Å². The number of aliphatic carboxylic acids is 1. The van der Waals surface area contributed by atoms with Crippen LogP contribution in [-0.4, -0.2) is 22.4 Å². The van der Waals surface area contributed by atoms with E-state index in [1.165, 1.54) is 25.7 Å². The lowest BCUT2D eigenvalue weighted by molar-refractivity contribution is -0.334. The van der Waals surface area contributed by atoms with Crippen molar-refractivity contribution in [2.75, 3.05) is 0 Å². The lowest BCUT2D eigenvalue weighted by Gasteiger charge is -2.72. The molecule has 0 saturated heterocycles. The predicted molar refractivity (Wildman–Crippen MR) is 134 cm³/mol. The molecule has 5 saturated carbocycles. The van der Waals surface area contributed by atoms with Gasteiger partial charge in [0, 0.05) is 0 Å². The predicted octanol–water partition coefficient (Wildman–Crippen LogP) is 7.67. The topological polar surface area (TPSA) is 66.8 Å². The van der Waals surface area contributed by atoms with Crippen molar-refractivity contribution in [2.24, 2.45) is 62.6 Å². The highest BCUT2D eigenvalue weighted by Crippen LogP contribution is 2.77. The van der Waals surface area contributed by atoms with E-state index in [1.54, 1.807) is 0 Å². The summed E-state index contributed by atoms with van der Waals surface area (Å²) in [5.74, 6) is 2.68. The minimum absolute atomic E-state index is 0.0277. The summed E-state index contributed by atoms with van der Waals surface area (Å²) in [7, 11) is 0. The first kappa shape index (κ1) is 25.1. The summed E-state index contributed by atoms with van der Waals surface area (Å²) >= 11 is 0. The van der Waals surface area contributed by atoms with Gasteiger partial charge in [-0.1, -0.05) is 48.5 Å². The van der Waals surface area contributed by atoms with Gasteiger partial charge >= 0.3 is 5.97 Å². The van der Waals surface area contributed by atoms with Crippen molar-refractivity contribution in [1.82, 2.24) is 0 Å². The van der Waals surface area contributed by atoms with Crippen molar-refractivity contribution in [3.8, 4) is 0 Å². The highest BCUT2D eigenvalue weighted by molar-refractivity contribution is 5.76. The maximum Gasteiger partial charge on any atom is 0.309 e. The van der Waals surface area contributed by atoms with Gasteiger partial charge < -0.3 is 5.11 Å². The van der Waals surface area contributed by atoms with E-state index in [-0.39, 0.29) is 27.8 Å². The molecular formula is C30H50O4. The first-order valence-electron chi connectivity index (χ1n) is 14.3. The van der Waals surface area contributed by atoms with Gasteiger partial charge in [0.1, 0.15) is 0 Å². The number of hydrogen-bond donors (Lipinski definition) is 2. The zero-order valence-electron chi connectivity index (χ0n) is 22.8. The molecule has 5 fully saturated rings. The third-order valence-corrected chi connectivity index (χ3v) is 13.8. The van der Waals surface area contributed by atoms with Gasteiger partial charge in [0.2, 0.25) is 0 Å². The molecule has 4 heteroatoms. The Morgan fingerprint density at radius 2 is 1.53 bits per heavy atom. The Morgan fingerprint density at radius 1 is 0.824 bits per heavy atom. The quantitative estimate of drug-likeness (QED) is 0.325. The van der Waals surface area contributed by atoms with Crippen LogP contribution in [-0.2, 0) is 9.68 Å². The van der Waals surface area contributed by atoms with Crippen molar-refractivity contribution in [1.29, 1.82) is 0 Å². The number of fused-ring (bicyclic) bond motifs is 7. The molecule has 0 heterocycles. The zero-order valence-corrected chi connectivity index (χ0v) is 22.8. The first-order chi connectivity index (χ1) is 15.8. The van der Waals surface area contributed by atoms with E-state index in [9.17, 15) is 15.2 Å². The van der Waals surface area contributed by atoms with E-state index in [0.29, 0.717) is 35.5 Å². The normalized spacial score (nSPS) is 54.0. The maximum absolute atomic E-state index is 12.8. The third-order valence-electron chi connectivity index (χ3n) is 13.8. The molecule has 0 aromatic heterocycles. The molecule has 194 valence electrons. The molecule has 4 nitrogen and oxygen atoms in total. The number of carbonyl (C=O) groups is 1. The first-order valence-corrected chi connectivity index (χ1v) is 14.3. The average molecular weight is 475 g/mol. The molecule has 10 atom stereocenters. The van der Waals surface area contributed by atoms with Crippen LogP contribution in [0.5, 0.6) is 0 Å². The number of rotatable bonds is 3. The summed E-state index contributed by atoms with van der Waals surface area (Å²) in [6, 6.07) is 0. The van der Waals surface area contributed by atoms with Crippen LogP contribution in [0.3, 0.4) is 0 Å². The Morgan fingerprint density at radius 3 is 2.15 bits per heavy atom. The Kier molecular flexibility index (Phi) is 5.67. The van der Waals surface area contributed by atoms with E-state index in [4.69, 9.17) is 4.89 Å². The molecule has 0 radical (unpaired) electrons. The summed E-state index contributed by atoms with van der Waals surface area (Å²) in [5.41, 5.74) is 0.203. The fourth-order valence-electron chi connectivity index (χ4n) is 11.9. The van der Waals surface area contributed by atoms with E-state index in [2.05, 4.69) is 48.5 Å². The highest BCUT2D eigenvalue weighted by atomic mass is 17.1. The fraction of sp³-hybridized carbons (Fsp3) is 0.967. The Labute approximate surface area is 207 Å². The molecule has 0 aromatic rings. The van der Waals surface area contributed by atoms with Crippen molar-refractivity contribution >= 4 is 5.97 Å². The summed E-state index contributed by atoms with van der Waals surface area (Å²) in [6.07, 6.45) is 10.8. The van der Waals surface area contributed by atoms with Crippen LogP contribution < -0.4 is 0 Å². The lowest BCUT2D eigenvalue weighted by atomic mass is 9.32. The van der Waals surface area contributed by atoms with E-state index in [0.717, 1.165) is 38.5 Å². The van der Waals surface area contributed by atoms with Crippen LogP contribution in [0, 0.1) is 62.6 Å². The second-order valence-electron chi connectivity index (χ2n) is 15.1. The van der Waals surface area contributed by atoms with Crippen molar-refractivity contribution in [3.05, 3.63) is 0 Å². The van der Waals surface area contributed by atoms with Gasteiger partial charge in [-0.15, -0.1) is 0 Å². The Hall–Kier alpha value is -0.610. The standard InChI is InChI=1S/C30H50O4/c1-18(2)19-10-15-30(25(31)32)17-16-28(6)20(24(19)30)8-9-22-27(5)13-12-23(34-33)26(3,4)21(27)11-14-29(22,28)7/h18-24,33H,8-17H2,1-7H3,(H,31,32)/t19-,20+,21-,22+,23-,24+,27-,28+,29+,30-/m0/s1. The summed E-state index contributed by atoms with van der Waals surface area (Å²) in [5, 5.41) is 20.2. The van der Waals surface area contributed by atoms with Crippen molar-refractivity contribution in [2.45, 2.75) is 119 Å². The van der Waals surface area contributed by atoms with E-state index < -0.39 is 11.4 Å². The number of hydrogen-bond acceptors (Lipinski definition) is 3. The molecule has 0 aromatic carbocycles. The van der Waals surface area contributed by atoms with Crippen LogP contribution in [0.15, 0.2) is 0 Å². The smallest absolute Gasteiger partial charge is 0.309 e. The zero-order chi connectivity index (χ0) is 24.9. The van der Waals surface area contributed by atoms with Crippen LogP contribution in [0.2, 0.25) is 0 Å². The largest absolute Gasteiger partial charge is 0.481 e. The monoisotopic (exact) mass is 474 g/mol. The van der Waals surface area contributed by atoms with Gasteiger partial charge in [-0.3, -0.25) is 10.1 Å². The second kappa shape index (κ2) is 7.70. The molecule has 5 aliphatic rings. The molecule has 0 unspecified atom stereocenters. The molecular weight excluding hydrogens is 424 g/mol. The van der Waals surface area contributed by atoms with Crippen LogP contribution in [0.1, 0.15) is 113 Å². The van der Waals surface area contributed by atoms with Gasteiger partial charge in [0.15, 0.2) is 0 Å². The summed E-state index contributed by atoms with van der Waals surface area (Å²) < 4.78 is 0. The summed E-state index contributed by atoms with van der Waals surface area (Å²) in [4.78, 5) is 17.8. The van der Waals surface area contributed by atoms with Gasteiger partial charge in [0.25, 0.3) is 0 Å². The van der Waals surface area contributed by atoms with E-state index >= 15 is 0 Å². The van der Waals surface area contributed by atoms with Gasteiger partial charge in [0.05, 0.1) is 11.5 Å². The molecule has 34 heavy (non-hydrogen) atoms. The molecule has 2 N–H and O–H groups in total. The highest BCUT2D eigenvalue weighted by Gasteiger charge is 2.72. The average Bonchev–Trinajstić information content (AvgIpc) is 3.15. The minimum Gasteiger partial charge on any atom is -0.481 e. The molecule has 5 aliphatic carbocycles.